The Labute approximate surface area is 101 Å². The van der Waals surface area contributed by atoms with E-state index in [-0.39, 0.29) is 10.9 Å². The lowest BCUT2D eigenvalue weighted by Gasteiger charge is -2.34. The Morgan fingerprint density at radius 2 is 2.00 bits per heavy atom. The molecule has 0 amide bonds. The zero-order chi connectivity index (χ0) is 12.6. The van der Waals surface area contributed by atoms with Crippen LogP contribution in [0.15, 0.2) is 23.1 Å². The van der Waals surface area contributed by atoms with E-state index in [1.165, 1.54) is 6.07 Å². The highest BCUT2D eigenvalue weighted by molar-refractivity contribution is 7.89. The Morgan fingerprint density at radius 3 is 2.53 bits per heavy atom. The van der Waals surface area contributed by atoms with Crippen LogP contribution in [-0.2, 0) is 10.0 Å². The van der Waals surface area contributed by atoms with Crippen molar-refractivity contribution >= 4 is 15.7 Å². The molecule has 0 unspecified atom stereocenters. The largest absolute Gasteiger partial charge is 0.382 e. The smallest absolute Gasteiger partial charge is 0.238 e. The molecule has 5 nitrogen and oxygen atoms in total. The van der Waals surface area contributed by atoms with E-state index < -0.39 is 10.0 Å². The van der Waals surface area contributed by atoms with Crippen molar-refractivity contribution in [3.05, 3.63) is 23.8 Å². The second kappa shape index (κ2) is 4.29. The number of hydrogen-bond acceptors (Lipinski definition) is 4. The van der Waals surface area contributed by atoms with Gasteiger partial charge >= 0.3 is 0 Å². The molecule has 0 aromatic heterocycles. The fraction of sp³-hybridized carbons (Fsp3) is 0.455. The standard InChI is InChI=1S/C11H17N3O2S/c1-7-10(14-9-5-8(12)6-9)3-2-4-11(7)17(13,15)16/h2-4,8-9,14H,5-6,12H2,1H3,(H2,13,15,16). The van der Waals surface area contributed by atoms with Crippen LogP contribution in [0, 0.1) is 6.92 Å². The third-order valence-electron chi connectivity index (χ3n) is 3.12. The summed E-state index contributed by atoms with van der Waals surface area (Å²) in [5.74, 6) is 0. The first-order valence-corrected chi connectivity index (χ1v) is 7.07. The van der Waals surface area contributed by atoms with Gasteiger partial charge in [-0.15, -0.1) is 0 Å². The van der Waals surface area contributed by atoms with E-state index in [4.69, 9.17) is 10.9 Å². The van der Waals surface area contributed by atoms with Gasteiger partial charge in [-0.2, -0.15) is 0 Å². The molecular weight excluding hydrogens is 238 g/mol. The van der Waals surface area contributed by atoms with Gasteiger partial charge in [0.2, 0.25) is 10.0 Å². The molecule has 5 N–H and O–H groups in total. The highest BCUT2D eigenvalue weighted by Gasteiger charge is 2.26. The van der Waals surface area contributed by atoms with E-state index >= 15 is 0 Å². The van der Waals surface area contributed by atoms with Crippen molar-refractivity contribution < 1.29 is 8.42 Å². The van der Waals surface area contributed by atoms with Crippen molar-refractivity contribution in [3.63, 3.8) is 0 Å². The van der Waals surface area contributed by atoms with E-state index in [0.717, 1.165) is 18.5 Å². The van der Waals surface area contributed by atoms with Crippen molar-refractivity contribution in [2.75, 3.05) is 5.32 Å². The van der Waals surface area contributed by atoms with Crippen LogP contribution in [0.25, 0.3) is 0 Å². The first-order chi connectivity index (χ1) is 7.88. The molecular formula is C11H17N3O2S. The summed E-state index contributed by atoms with van der Waals surface area (Å²) in [6, 6.07) is 5.65. The molecule has 0 bridgehead atoms. The van der Waals surface area contributed by atoms with Gasteiger partial charge < -0.3 is 11.1 Å². The van der Waals surface area contributed by atoms with Crippen LogP contribution in [0.3, 0.4) is 0 Å². The number of nitrogens with two attached hydrogens (primary N) is 2. The lowest BCUT2D eigenvalue weighted by molar-refractivity contribution is 0.373. The first-order valence-electron chi connectivity index (χ1n) is 5.52. The zero-order valence-electron chi connectivity index (χ0n) is 9.68. The number of nitrogens with one attached hydrogen (secondary N) is 1. The summed E-state index contributed by atoms with van der Waals surface area (Å²) in [5, 5.41) is 8.44. The second-order valence-electron chi connectivity index (χ2n) is 4.55. The molecule has 0 heterocycles. The van der Waals surface area contributed by atoms with Gasteiger partial charge in [-0.05, 0) is 37.5 Å². The van der Waals surface area contributed by atoms with Crippen molar-refractivity contribution in [3.8, 4) is 0 Å². The molecule has 17 heavy (non-hydrogen) atoms. The molecule has 0 atom stereocenters. The fourth-order valence-electron chi connectivity index (χ4n) is 2.08. The van der Waals surface area contributed by atoms with Gasteiger partial charge in [-0.3, -0.25) is 0 Å². The van der Waals surface area contributed by atoms with Gasteiger partial charge in [0.15, 0.2) is 0 Å². The molecule has 0 radical (unpaired) electrons. The monoisotopic (exact) mass is 255 g/mol. The maximum absolute atomic E-state index is 11.4. The summed E-state index contributed by atoms with van der Waals surface area (Å²) in [6.07, 6.45) is 1.83. The second-order valence-corrected chi connectivity index (χ2v) is 6.08. The predicted octanol–water partition coefficient (Wildman–Crippen LogP) is 0.544. The SMILES string of the molecule is Cc1c(NC2CC(N)C2)cccc1S(N)(=O)=O. The van der Waals surface area contributed by atoms with E-state index in [1.807, 2.05) is 6.07 Å². The third-order valence-corrected chi connectivity index (χ3v) is 4.18. The summed E-state index contributed by atoms with van der Waals surface area (Å²) < 4.78 is 22.7. The van der Waals surface area contributed by atoms with Crippen LogP contribution in [0.4, 0.5) is 5.69 Å². The predicted molar refractivity (Wildman–Crippen MR) is 67.2 cm³/mol. The highest BCUT2D eigenvalue weighted by Crippen LogP contribution is 2.27. The minimum atomic E-state index is -3.66. The van der Waals surface area contributed by atoms with E-state index in [9.17, 15) is 8.42 Å². The molecule has 0 spiro atoms. The topological polar surface area (TPSA) is 98.2 Å². The summed E-state index contributed by atoms with van der Waals surface area (Å²) in [5.41, 5.74) is 7.18. The van der Waals surface area contributed by atoms with E-state index in [1.54, 1.807) is 13.0 Å². The number of rotatable bonds is 3. The normalized spacial score (nSPS) is 24.2. The summed E-state index contributed by atoms with van der Waals surface area (Å²) in [7, 11) is -3.66. The Kier molecular flexibility index (Phi) is 3.11. The first kappa shape index (κ1) is 12.3. The summed E-state index contributed by atoms with van der Waals surface area (Å²) >= 11 is 0. The Hall–Kier alpha value is -1.11. The quantitative estimate of drug-likeness (QED) is 0.734. The number of benzene rings is 1. The van der Waals surface area contributed by atoms with Gasteiger partial charge in [0, 0.05) is 17.8 Å². The number of hydrogen-bond donors (Lipinski definition) is 3. The average molecular weight is 255 g/mol. The van der Waals surface area contributed by atoms with Gasteiger partial charge in [0.25, 0.3) is 0 Å². The lowest BCUT2D eigenvalue weighted by Crippen LogP contribution is -2.44. The Bertz CT molecular complexity index is 522. The van der Waals surface area contributed by atoms with Crippen LogP contribution in [0.1, 0.15) is 18.4 Å². The molecule has 2 rings (SSSR count). The van der Waals surface area contributed by atoms with E-state index in [0.29, 0.717) is 11.6 Å². The number of anilines is 1. The third kappa shape index (κ3) is 2.59. The number of primary sulfonamides is 1. The van der Waals surface area contributed by atoms with Crippen LogP contribution in [0.2, 0.25) is 0 Å². The molecule has 1 fully saturated rings. The molecule has 1 aromatic carbocycles. The maximum atomic E-state index is 11.4. The van der Waals surface area contributed by atoms with Crippen molar-refractivity contribution in [2.45, 2.75) is 36.7 Å². The highest BCUT2D eigenvalue weighted by atomic mass is 32.2. The van der Waals surface area contributed by atoms with Crippen LogP contribution in [0.5, 0.6) is 0 Å². The molecule has 1 aromatic rings. The Balaban J connectivity index is 2.24. The summed E-state index contributed by atoms with van der Waals surface area (Å²) in [4.78, 5) is 0.172. The average Bonchev–Trinajstić information content (AvgIpc) is 2.16. The van der Waals surface area contributed by atoms with Gasteiger partial charge in [-0.25, -0.2) is 13.6 Å². The molecule has 0 saturated heterocycles. The maximum Gasteiger partial charge on any atom is 0.238 e. The minimum Gasteiger partial charge on any atom is -0.382 e. The van der Waals surface area contributed by atoms with Crippen molar-refractivity contribution in [1.29, 1.82) is 0 Å². The Morgan fingerprint density at radius 1 is 1.35 bits per heavy atom. The molecule has 1 aliphatic rings. The van der Waals surface area contributed by atoms with Crippen LogP contribution in [-0.4, -0.2) is 20.5 Å². The van der Waals surface area contributed by atoms with Gasteiger partial charge in [0.1, 0.15) is 0 Å². The fourth-order valence-corrected chi connectivity index (χ4v) is 2.88. The molecule has 0 aliphatic heterocycles. The van der Waals surface area contributed by atoms with Crippen LogP contribution >= 0.6 is 0 Å². The van der Waals surface area contributed by atoms with Crippen molar-refractivity contribution in [2.24, 2.45) is 10.9 Å². The van der Waals surface area contributed by atoms with Crippen molar-refractivity contribution in [1.82, 2.24) is 0 Å². The van der Waals surface area contributed by atoms with Gasteiger partial charge in [-0.1, -0.05) is 6.07 Å². The summed E-state index contributed by atoms with van der Waals surface area (Å²) in [6.45, 7) is 1.75. The molecule has 94 valence electrons. The zero-order valence-corrected chi connectivity index (χ0v) is 10.5. The molecule has 1 saturated carbocycles. The van der Waals surface area contributed by atoms with Gasteiger partial charge in [0.05, 0.1) is 4.90 Å². The lowest BCUT2D eigenvalue weighted by atomic mass is 9.87. The van der Waals surface area contributed by atoms with E-state index in [2.05, 4.69) is 5.32 Å². The molecule has 1 aliphatic carbocycles. The number of sulfonamides is 1. The van der Waals surface area contributed by atoms with Crippen LogP contribution < -0.4 is 16.2 Å². The minimum absolute atomic E-state index is 0.172. The molecule has 6 heteroatoms.